The van der Waals surface area contributed by atoms with E-state index >= 15 is 0 Å². The number of rotatable bonds is 0. The van der Waals surface area contributed by atoms with Crippen LogP contribution < -0.4 is 10.6 Å². The molecular weight excluding hydrogens is 172 g/mol. The van der Waals surface area contributed by atoms with E-state index in [1.54, 1.807) is 0 Å². The van der Waals surface area contributed by atoms with Crippen molar-refractivity contribution in [1.29, 1.82) is 0 Å². The summed E-state index contributed by atoms with van der Waals surface area (Å²) in [6.45, 7) is 3.48. The molecule has 2 aliphatic rings. The van der Waals surface area contributed by atoms with Gasteiger partial charge in [0, 0.05) is 24.7 Å². The molecule has 0 aromatic heterocycles. The lowest BCUT2D eigenvalue weighted by atomic mass is 9.87. The minimum Gasteiger partial charge on any atom is -0.385 e. The van der Waals surface area contributed by atoms with Crippen molar-refractivity contribution in [2.24, 2.45) is 5.92 Å². The molecule has 3 rings (SSSR count). The van der Waals surface area contributed by atoms with Crippen LogP contribution >= 0.6 is 0 Å². The lowest BCUT2D eigenvalue weighted by Crippen LogP contribution is -2.11. The van der Waals surface area contributed by atoms with Gasteiger partial charge in [0.05, 0.1) is 0 Å². The number of nitrogens with one attached hydrogen (secondary N) is 2. The fourth-order valence-electron chi connectivity index (χ4n) is 2.77. The van der Waals surface area contributed by atoms with E-state index < -0.39 is 0 Å². The van der Waals surface area contributed by atoms with Crippen molar-refractivity contribution >= 4 is 5.69 Å². The Labute approximate surface area is 84.7 Å². The molecule has 2 heteroatoms. The molecule has 1 aromatic rings. The minimum atomic E-state index is 0.737. The summed E-state index contributed by atoms with van der Waals surface area (Å²) in [5, 5.41) is 7.03. The zero-order valence-electron chi connectivity index (χ0n) is 8.29. The number of hydrogen-bond acceptors (Lipinski definition) is 2. The molecule has 2 nitrogen and oxygen atoms in total. The SMILES string of the molecule is c1ccc2c(c1)NCC[C@@H]1CNC[C@@H]21. The van der Waals surface area contributed by atoms with E-state index in [9.17, 15) is 0 Å². The Morgan fingerprint density at radius 1 is 1.14 bits per heavy atom. The Hall–Kier alpha value is -1.02. The molecule has 0 amide bonds. The maximum absolute atomic E-state index is 3.53. The van der Waals surface area contributed by atoms with E-state index in [4.69, 9.17) is 0 Å². The predicted molar refractivity (Wildman–Crippen MR) is 58.6 cm³/mol. The van der Waals surface area contributed by atoms with Gasteiger partial charge < -0.3 is 10.6 Å². The fraction of sp³-hybridized carbons (Fsp3) is 0.500. The molecular formula is C12H16N2. The van der Waals surface area contributed by atoms with Crippen LogP contribution in [-0.4, -0.2) is 19.6 Å². The second-order valence-corrected chi connectivity index (χ2v) is 4.33. The van der Waals surface area contributed by atoms with Crippen molar-refractivity contribution in [3.05, 3.63) is 29.8 Å². The lowest BCUT2D eigenvalue weighted by molar-refractivity contribution is 0.503. The zero-order chi connectivity index (χ0) is 9.38. The molecule has 1 fully saturated rings. The second-order valence-electron chi connectivity index (χ2n) is 4.33. The van der Waals surface area contributed by atoms with Gasteiger partial charge in [-0.3, -0.25) is 0 Å². The molecule has 2 N–H and O–H groups in total. The van der Waals surface area contributed by atoms with Gasteiger partial charge in [-0.15, -0.1) is 0 Å². The highest BCUT2D eigenvalue weighted by atomic mass is 14.9. The predicted octanol–water partition coefficient (Wildman–Crippen LogP) is 1.81. The van der Waals surface area contributed by atoms with Gasteiger partial charge in [0.2, 0.25) is 0 Å². The number of para-hydroxylation sites is 1. The average molecular weight is 188 g/mol. The van der Waals surface area contributed by atoms with Crippen LogP contribution in [0, 0.1) is 5.92 Å². The summed E-state index contributed by atoms with van der Waals surface area (Å²) >= 11 is 0. The first-order valence-corrected chi connectivity index (χ1v) is 5.48. The Bertz CT molecular complexity index is 335. The molecule has 0 radical (unpaired) electrons. The molecule has 0 spiro atoms. The smallest absolute Gasteiger partial charge is 0.0376 e. The molecule has 0 bridgehead atoms. The summed E-state index contributed by atoms with van der Waals surface area (Å²) in [5.41, 5.74) is 2.86. The van der Waals surface area contributed by atoms with Gasteiger partial charge in [-0.05, 0) is 30.5 Å². The molecule has 0 unspecified atom stereocenters. The summed E-state index contributed by atoms with van der Waals surface area (Å²) in [6, 6.07) is 8.75. The summed E-state index contributed by atoms with van der Waals surface area (Å²) < 4.78 is 0. The topological polar surface area (TPSA) is 24.1 Å². The van der Waals surface area contributed by atoms with E-state index in [2.05, 4.69) is 34.9 Å². The Kier molecular flexibility index (Phi) is 1.95. The molecule has 1 saturated heterocycles. The van der Waals surface area contributed by atoms with Crippen LogP contribution in [-0.2, 0) is 0 Å². The normalized spacial score (nSPS) is 30.0. The van der Waals surface area contributed by atoms with Gasteiger partial charge in [0.15, 0.2) is 0 Å². The first kappa shape index (κ1) is 8.30. The van der Waals surface area contributed by atoms with Crippen LogP contribution in [0.3, 0.4) is 0 Å². The fourth-order valence-corrected chi connectivity index (χ4v) is 2.77. The Balaban J connectivity index is 2.04. The van der Waals surface area contributed by atoms with Gasteiger partial charge in [0.25, 0.3) is 0 Å². The maximum atomic E-state index is 3.53. The van der Waals surface area contributed by atoms with Crippen molar-refractivity contribution in [3.8, 4) is 0 Å². The number of fused-ring (bicyclic) bond motifs is 3. The van der Waals surface area contributed by atoms with Crippen LogP contribution in [0.25, 0.3) is 0 Å². The molecule has 2 atom stereocenters. The number of anilines is 1. The monoisotopic (exact) mass is 188 g/mol. The Morgan fingerprint density at radius 3 is 3.07 bits per heavy atom. The van der Waals surface area contributed by atoms with Crippen molar-refractivity contribution in [3.63, 3.8) is 0 Å². The highest BCUT2D eigenvalue weighted by Gasteiger charge is 2.31. The quantitative estimate of drug-likeness (QED) is 0.649. The minimum absolute atomic E-state index is 0.737. The van der Waals surface area contributed by atoms with Crippen LogP contribution in [0.2, 0.25) is 0 Å². The van der Waals surface area contributed by atoms with Gasteiger partial charge in [-0.1, -0.05) is 18.2 Å². The van der Waals surface area contributed by atoms with Crippen molar-refractivity contribution in [1.82, 2.24) is 5.32 Å². The summed E-state index contributed by atoms with van der Waals surface area (Å²) in [5.74, 6) is 1.58. The van der Waals surface area contributed by atoms with Gasteiger partial charge in [-0.25, -0.2) is 0 Å². The molecule has 2 aliphatic heterocycles. The molecule has 2 heterocycles. The number of hydrogen-bond donors (Lipinski definition) is 2. The maximum Gasteiger partial charge on any atom is 0.0376 e. The number of benzene rings is 1. The second kappa shape index (κ2) is 3.28. The van der Waals surface area contributed by atoms with Crippen molar-refractivity contribution < 1.29 is 0 Å². The standard InChI is InChI=1S/C12H16N2/c1-2-4-12-10(3-1)11-8-13-7-9(11)5-6-14-12/h1-4,9,11,13-14H,5-8H2/t9-,11-/m1/s1. The van der Waals surface area contributed by atoms with E-state index in [0.717, 1.165) is 24.9 Å². The molecule has 1 aromatic carbocycles. The third kappa shape index (κ3) is 1.22. The van der Waals surface area contributed by atoms with Crippen LogP contribution in [0.1, 0.15) is 17.9 Å². The lowest BCUT2D eigenvalue weighted by Gasteiger charge is -2.16. The largest absolute Gasteiger partial charge is 0.385 e. The first-order valence-electron chi connectivity index (χ1n) is 5.48. The van der Waals surface area contributed by atoms with Gasteiger partial charge >= 0.3 is 0 Å². The molecule has 0 aliphatic carbocycles. The molecule has 0 saturated carbocycles. The average Bonchev–Trinajstić information content (AvgIpc) is 2.61. The van der Waals surface area contributed by atoms with Crippen molar-refractivity contribution in [2.75, 3.05) is 25.0 Å². The molecule has 14 heavy (non-hydrogen) atoms. The van der Waals surface area contributed by atoms with E-state index in [1.807, 2.05) is 0 Å². The summed E-state index contributed by atoms with van der Waals surface area (Å²) in [4.78, 5) is 0. The van der Waals surface area contributed by atoms with E-state index in [1.165, 1.54) is 24.2 Å². The van der Waals surface area contributed by atoms with Gasteiger partial charge in [0.1, 0.15) is 0 Å². The third-order valence-corrected chi connectivity index (χ3v) is 3.53. The van der Waals surface area contributed by atoms with Crippen LogP contribution in [0.5, 0.6) is 0 Å². The Morgan fingerprint density at radius 2 is 2.07 bits per heavy atom. The van der Waals surface area contributed by atoms with Gasteiger partial charge in [-0.2, -0.15) is 0 Å². The molecule has 74 valence electrons. The van der Waals surface area contributed by atoms with Crippen molar-refractivity contribution in [2.45, 2.75) is 12.3 Å². The highest BCUT2D eigenvalue weighted by Crippen LogP contribution is 2.36. The third-order valence-electron chi connectivity index (χ3n) is 3.53. The van der Waals surface area contributed by atoms with Crippen LogP contribution in [0.4, 0.5) is 5.69 Å². The highest BCUT2D eigenvalue weighted by molar-refractivity contribution is 5.54. The van der Waals surface area contributed by atoms with E-state index in [0.29, 0.717) is 0 Å². The zero-order valence-corrected chi connectivity index (χ0v) is 8.29. The first-order chi connectivity index (χ1) is 6.95. The summed E-state index contributed by atoms with van der Waals surface area (Å²) in [6.07, 6.45) is 1.30. The van der Waals surface area contributed by atoms with Crippen LogP contribution in [0.15, 0.2) is 24.3 Å². The summed E-state index contributed by atoms with van der Waals surface area (Å²) in [7, 11) is 0. The van der Waals surface area contributed by atoms with E-state index in [-0.39, 0.29) is 0 Å².